The van der Waals surface area contributed by atoms with Gasteiger partial charge in [-0.1, -0.05) is 18.2 Å². The number of para-hydroxylation sites is 2. The number of nitrogens with one attached hydrogen (secondary N) is 1. The number of nitrogens with zero attached hydrogens (tertiary/aromatic N) is 2. The van der Waals surface area contributed by atoms with Gasteiger partial charge in [0.05, 0.1) is 29.7 Å². The van der Waals surface area contributed by atoms with E-state index in [0.717, 1.165) is 17.6 Å². The van der Waals surface area contributed by atoms with Crippen LogP contribution >= 0.6 is 0 Å². The van der Waals surface area contributed by atoms with E-state index in [-0.39, 0.29) is 18.0 Å². The summed E-state index contributed by atoms with van der Waals surface area (Å²) in [5, 5.41) is 13.3. The SMILES string of the molecule is CC(=O)N[C@@H](C)c1nc2ccccc2n1C[C@@H](O)c1ccc(F)cc1F. The van der Waals surface area contributed by atoms with Crippen LogP contribution in [0.15, 0.2) is 42.5 Å². The van der Waals surface area contributed by atoms with Gasteiger partial charge in [0.2, 0.25) is 5.91 Å². The highest BCUT2D eigenvalue weighted by atomic mass is 19.1. The lowest BCUT2D eigenvalue weighted by Crippen LogP contribution is -2.27. The third kappa shape index (κ3) is 3.57. The molecule has 2 N–H and O–H groups in total. The zero-order chi connectivity index (χ0) is 18.8. The Morgan fingerprint density at radius 1 is 1.27 bits per heavy atom. The second-order valence-corrected chi connectivity index (χ2v) is 6.17. The monoisotopic (exact) mass is 359 g/mol. The highest BCUT2D eigenvalue weighted by Crippen LogP contribution is 2.26. The summed E-state index contributed by atoms with van der Waals surface area (Å²) < 4.78 is 28.8. The lowest BCUT2D eigenvalue weighted by molar-refractivity contribution is -0.119. The van der Waals surface area contributed by atoms with Gasteiger partial charge >= 0.3 is 0 Å². The molecular weight excluding hydrogens is 340 g/mol. The Balaban J connectivity index is 2.01. The molecule has 0 spiro atoms. The van der Waals surface area contributed by atoms with Crippen LogP contribution in [-0.2, 0) is 11.3 Å². The second kappa shape index (κ2) is 7.21. The van der Waals surface area contributed by atoms with Gasteiger partial charge in [0.15, 0.2) is 0 Å². The Kier molecular flexibility index (Phi) is 4.99. The van der Waals surface area contributed by atoms with Crippen LogP contribution in [0.2, 0.25) is 0 Å². The van der Waals surface area contributed by atoms with Crippen LogP contribution in [0.4, 0.5) is 8.78 Å². The van der Waals surface area contributed by atoms with Crippen LogP contribution in [-0.4, -0.2) is 20.6 Å². The zero-order valence-corrected chi connectivity index (χ0v) is 14.4. The van der Waals surface area contributed by atoms with Crippen molar-refractivity contribution in [2.45, 2.75) is 32.5 Å². The Labute approximate surface area is 149 Å². The van der Waals surface area contributed by atoms with E-state index in [1.807, 2.05) is 24.3 Å². The highest BCUT2D eigenvalue weighted by Gasteiger charge is 2.21. The molecule has 1 aromatic heterocycles. The summed E-state index contributed by atoms with van der Waals surface area (Å²) in [7, 11) is 0. The smallest absolute Gasteiger partial charge is 0.217 e. The molecule has 0 saturated carbocycles. The summed E-state index contributed by atoms with van der Waals surface area (Å²) in [6, 6.07) is 10.00. The standard InChI is InChI=1S/C19H19F2N3O2/c1-11(22-12(2)25)19-23-16-5-3-4-6-17(16)24(19)10-18(26)14-8-7-13(20)9-15(14)21/h3-9,11,18,26H,10H2,1-2H3,(H,22,25)/t11-,18+/m0/s1. The molecule has 1 heterocycles. The molecule has 5 nitrogen and oxygen atoms in total. The number of hydrogen-bond donors (Lipinski definition) is 2. The minimum Gasteiger partial charge on any atom is -0.386 e. The number of aromatic nitrogens is 2. The third-order valence-electron chi connectivity index (χ3n) is 4.17. The van der Waals surface area contributed by atoms with Crippen LogP contribution in [0.5, 0.6) is 0 Å². The van der Waals surface area contributed by atoms with E-state index < -0.39 is 23.8 Å². The molecule has 0 radical (unpaired) electrons. The normalized spacial score (nSPS) is 13.6. The Hall–Kier alpha value is -2.80. The van der Waals surface area contributed by atoms with Crippen molar-refractivity contribution in [1.82, 2.24) is 14.9 Å². The third-order valence-corrected chi connectivity index (χ3v) is 4.17. The number of carbonyl (C=O) groups excluding carboxylic acids is 1. The van der Waals surface area contributed by atoms with Gasteiger partial charge in [-0.3, -0.25) is 4.79 Å². The minimum atomic E-state index is -1.20. The van der Waals surface area contributed by atoms with Gasteiger partial charge in [0.25, 0.3) is 0 Å². The molecule has 0 aliphatic rings. The van der Waals surface area contributed by atoms with Gasteiger partial charge in [-0.2, -0.15) is 0 Å². The topological polar surface area (TPSA) is 67.2 Å². The van der Waals surface area contributed by atoms with Crippen molar-refractivity contribution in [1.29, 1.82) is 0 Å². The van der Waals surface area contributed by atoms with Gasteiger partial charge in [-0.15, -0.1) is 0 Å². The quantitative estimate of drug-likeness (QED) is 0.735. The Morgan fingerprint density at radius 2 is 2.00 bits per heavy atom. The molecule has 1 amide bonds. The average Bonchev–Trinajstić information content (AvgIpc) is 2.93. The van der Waals surface area contributed by atoms with Crippen molar-refractivity contribution in [2.24, 2.45) is 0 Å². The van der Waals surface area contributed by atoms with Gasteiger partial charge in [-0.05, 0) is 25.1 Å². The molecule has 7 heteroatoms. The summed E-state index contributed by atoms with van der Waals surface area (Å²) in [4.78, 5) is 15.9. The first-order valence-corrected chi connectivity index (χ1v) is 8.22. The molecule has 136 valence electrons. The van der Waals surface area contributed by atoms with Crippen LogP contribution in [0.25, 0.3) is 11.0 Å². The number of fused-ring (bicyclic) bond motifs is 1. The number of halogens is 2. The maximum Gasteiger partial charge on any atom is 0.217 e. The number of imidazole rings is 1. The van der Waals surface area contributed by atoms with Crippen molar-refractivity contribution in [3.8, 4) is 0 Å². The molecule has 2 atom stereocenters. The van der Waals surface area contributed by atoms with Crippen molar-refractivity contribution >= 4 is 16.9 Å². The molecule has 0 aliphatic carbocycles. The minimum absolute atomic E-state index is 0.00214. The van der Waals surface area contributed by atoms with E-state index in [2.05, 4.69) is 10.3 Å². The van der Waals surface area contributed by atoms with E-state index in [9.17, 15) is 18.7 Å². The molecule has 0 unspecified atom stereocenters. The number of aliphatic hydroxyl groups excluding tert-OH is 1. The van der Waals surface area contributed by atoms with E-state index in [1.165, 1.54) is 13.0 Å². The number of benzene rings is 2. The summed E-state index contributed by atoms with van der Waals surface area (Å²) >= 11 is 0. The molecule has 0 saturated heterocycles. The first kappa shape index (κ1) is 18.0. The number of rotatable bonds is 5. The largest absolute Gasteiger partial charge is 0.386 e. The Morgan fingerprint density at radius 3 is 2.69 bits per heavy atom. The van der Waals surface area contributed by atoms with Crippen molar-refractivity contribution in [3.63, 3.8) is 0 Å². The highest BCUT2D eigenvalue weighted by molar-refractivity contribution is 5.77. The van der Waals surface area contributed by atoms with Crippen LogP contribution in [0.1, 0.15) is 37.4 Å². The summed E-state index contributed by atoms with van der Waals surface area (Å²) in [6.45, 7) is 3.21. The van der Waals surface area contributed by atoms with Gasteiger partial charge < -0.3 is 15.0 Å². The lowest BCUT2D eigenvalue weighted by atomic mass is 10.1. The van der Waals surface area contributed by atoms with E-state index in [1.54, 1.807) is 11.5 Å². The van der Waals surface area contributed by atoms with Crippen molar-refractivity contribution < 1.29 is 18.7 Å². The van der Waals surface area contributed by atoms with E-state index >= 15 is 0 Å². The zero-order valence-electron chi connectivity index (χ0n) is 14.4. The molecule has 2 aromatic carbocycles. The predicted molar refractivity (Wildman–Crippen MR) is 93.3 cm³/mol. The van der Waals surface area contributed by atoms with Crippen LogP contribution in [0.3, 0.4) is 0 Å². The van der Waals surface area contributed by atoms with Gasteiger partial charge in [0.1, 0.15) is 17.5 Å². The van der Waals surface area contributed by atoms with Crippen molar-refractivity contribution in [3.05, 3.63) is 65.5 Å². The first-order chi connectivity index (χ1) is 12.4. The van der Waals surface area contributed by atoms with Crippen LogP contribution < -0.4 is 5.32 Å². The lowest BCUT2D eigenvalue weighted by Gasteiger charge is -2.19. The summed E-state index contributed by atoms with van der Waals surface area (Å²) in [6.07, 6.45) is -1.20. The van der Waals surface area contributed by atoms with Gasteiger partial charge in [-0.25, -0.2) is 13.8 Å². The number of carbonyl (C=O) groups is 1. The van der Waals surface area contributed by atoms with Crippen LogP contribution in [0, 0.1) is 11.6 Å². The second-order valence-electron chi connectivity index (χ2n) is 6.17. The van der Waals surface area contributed by atoms with E-state index in [0.29, 0.717) is 11.3 Å². The number of amides is 1. The molecule has 26 heavy (non-hydrogen) atoms. The Bertz CT molecular complexity index is 955. The molecule has 3 rings (SSSR count). The summed E-state index contributed by atoms with van der Waals surface area (Å²) in [5.41, 5.74) is 1.45. The first-order valence-electron chi connectivity index (χ1n) is 8.22. The fourth-order valence-corrected chi connectivity index (χ4v) is 3.03. The maximum absolute atomic E-state index is 14.0. The number of hydrogen-bond acceptors (Lipinski definition) is 3. The average molecular weight is 359 g/mol. The van der Waals surface area contributed by atoms with Crippen molar-refractivity contribution in [2.75, 3.05) is 0 Å². The van der Waals surface area contributed by atoms with Gasteiger partial charge in [0, 0.05) is 18.6 Å². The predicted octanol–water partition coefficient (Wildman–Crippen LogP) is 3.25. The van der Waals surface area contributed by atoms with E-state index in [4.69, 9.17) is 0 Å². The molecule has 0 fully saturated rings. The fraction of sp³-hybridized carbons (Fsp3) is 0.263. The molecule has 3 aromatic rings. The maximum atomic E-state index is 14.0. The fourth-order valence-electron chi connectivity index (χ4n) is 3.03. The summed E-state index contributed by atoms with van der Waals surface area (Å²) in [5.74, 6) is -1.17. The molecule has 0 aliphatic heterocycles. The molecular formula is C19H19F2N3O2. The molecule has 0 bridgehead atoms. The number of aliphatic hydroxyl groups is 1.